The average molecular weight is 356 g/mol. The Morgan fingerprint density at radius 1 is 1.04 bits per heavy atom. The van der Waals surface area contributed by atoms with Crippen molar-refractivity contribution < 1.29 is 9.26 Å². The highest BCUT2D eigenvalue weighted by Crippen LogP contribution is 2.23. The van der Waals surface area contributed by atoms with E-state index in [4.69, 9.17) is 9.26 Å². The lowest BCUT2D eigenvalue weighted by Crippen LogP contribution is -2.43. The molecular formula is C20H28N4O2. The molecule has 2 saturated heterocycles. The molecule has 6 heteroatoms. The monoisotopic (exact) mass is 356 g/mol. The van der Waals surface area contributed by atoms with Crippen molar-refractivity contribution in [2.24, 2.45) is 0 Å². The predicted molar refractivity (Wildman–Crippen MR) is 99.7 cm³/mol. The topological polar surface area (TPSA) is 54.6 Å². The molecule has 1 aromatic heterocycles. The van der Waals surface area contributed by atoms with Crippen LogP contribution in [0.3, 0.4) is 0 Å². The Kier molecular flexibility index (Phi) is 5.94. The van der Waals surface area contributed by atoms with Crippen LogP contribution in [0.1, 0.15) is 31.5 Å². The Morgan fingerprint density at radius 2 is 1.88 bits per heavy atom. The maximum absolute atomic E-state index is 5.47. The van der Waals surface area contributed by atoms with Crippen molar-refractivity contribution in [3.63, 3.8) is 0 Å². The fourth-order valence-corrected chi connectivity index (χ4v) is 3.95. The molecule has 0 N–H and O–H groups in total. The molecule has 2 aliphatic heterocycles. The lowest BCUT2D eigenvalue weighted by Gasteiger charge is -2.36. The molecule has 0 amide bonds. The number of aromatic nitrogens is 2. The number of ether oxygens (including phenoxy) is 1. The van der Waals surface area contributed by atoms with Gasteiger partial charge in [0, 0.05) is 24.7 Å². The van der Waals surface area contributed by atoms with E-state index in [2.05, 4.69) is 19.9 Å². The third-order valence-electron chi connectivity index (χ3n) is 5.46. The van der Waals surface area contributed by atoms with Gasteiger partial charge >= 0.3 is 0 Å². The van der Waals surface area contributed by atoms with E-state index in [-0.39, 0.29) is 0 Å². The van der Waals surface area contributed by atoms with Crippen LogP contribution in [0.2, 0.25) is 0 Å². The van der Waals surface area contributed by atoms with Gasteiger partial charge in [-0.05, 0) is 44.5 Å². The van der Waals surface area contributed by atoms with Gasteiger partial charge in [-0.3, -0.25) is 9.80 Å². The van der Waals surface area contributed by atoms with Gasteiger partial charge in [0.2, 0.25) is 0 Å². The van der Waals surface area contributed by atoms with E-state index in [1.807, 2.05) is 30.3 Å². The molecule has 0 aliphatic carbocycles. The van der Waals surface area contributed by atoms with E-state index >= 15 is 0 Å². The Labute approximate surface area is 155 Å². The summed E-state index contributed by atoms with van der Waals surface area (Å²) < 4.78 is 10.9. The van der Waals surface area contributed by atoms with E-state index in [1.165, 1.54) is 25.7 Å². The Balaban J connectivity index is 1.35. The molecular weight excluding hydrogens is 328 g/mol. The number of hydrogen-bond donors (Lipinski definition) is 0. The smallest absolute Gasteiger partial charge is 0.257 e. The lowest BCUT2D eigenvalue weighted by molar-refractivity contribution is 0.0300. The minimum Gasteiger partial charge on any atom is -0.379 e. The molecule has 0 spiro atoms. The van der Waals surface area contributed by atoms with Crippen molar-refractivity contribution in [3.8, 4) is 11.5 Å². The minimum atomic E-state index is 0.613. The molecule has 1 aromatic carbocycles. The summed E-state index contributed by atoms with van der Waals surface area (Å²) in [6, 6.07) is 10.6. The van der Waals surface area contributed by atoms with Crippen LogP contribution in [0.25, 0.3) is 11.5 Å². The highest BCUT2D eigenvalue weighted by atomic mass is 16.5. The highest BCUT2D eigenvalue weighted by molar-refractivity contribution is 5.51. The molecule has 26 heavy (non-hydrogen) atoms. The zero-order valence-electron chi connectivity index (χ0n) is 15.3. The molecule has 6 nitrogen and oxygen atoms in total. The van der Waals surface area contributed by atoms with Gasteiger partial charge < -0.3 is 9.26 Å². The molecule has 2 fully saturated rings. The summed E-state index contributed by atoms with van der Waals surface area (Å²) in [6.45, 7) is 6.95. The normalized spacial score (nSPS) is 22.5. The van der Waals surface area contributed by atoms with Gasteiger partial charge in [-0.25, -0.2) is 0 Å². The molecule has 140 valence electrons. The maximum atomic E-state index is 5.47. The van der Waals surface area contributed by atoms with Crippen LogP contribution in [-0.2, 0) is 11.3 Å². The first kappa shape index (κ1) is 17.6. The zero-order valence-corrected chi connectivity index (χ0v) is 15.3. The van der Waals surface area contributed by atoms with Gasteiger partial charge in [-0.2, -0.15) is 4.98 Å². The molecule has 0 radical (unpaired) electrons. The third-order valence-corrected chi connectivity index (χ3v) is 5.46. The van der Waals surface area contributed by atoms with Crippen molar-refractivity contribution in [1.29, 1.82) is 0 Å². The summed E-state index contributed by atoms with van der Waals surface area (Å²) in [5.74, 6) is 1.41. The van der Waals surface area contributed by atoms with Crippen LogP contribution in [0, 0.1) is 0 Å². The summed E-state index contributed by atoms with van der Waals surface area (Å²) in [6.07, 6.45) is 5.07. The van der Waals surface area contributed by atoms with Crippen LogP contribution >= 0.6 is 0 Å². The summed E-state index contributed by atoms with van der Waals surface area (Å²) in [5, 5.41) is 4.22. The molecule has 2 aromatic rings. The molecule has 0 saturated carbocycles. The summed E-state index contributed by atoms with van der Waals surface area (Å²) in [7, 11) is 0. The third kappa shape index (κ3) is 4.50. The Bertz CT molecular complexity index is 669. The van der Waals surface area contributed by atoms with Gasteiger partial charge in [0.1, 0.15) is 0 Å². The maximum Gasteiger partial charge on any atom is 0.257 e. The van der Waals surface area contributed by atoms with Gasteiger partial charge in [0.15, 0.2) is 5.82 Å². The molecule has 0 bridgehead atoms. The van der Waals surface area contributed by atoms with E-state index in [0.29, 0.717) is 11.9 Å². The Morgan fingerprint density at radius 3 is 2.73 bits per heavy atom. The van der Waals surface area contributed by atoms with Crippen LogP contribution < -0.4 is 0 Å². The van der Waals surface area contributed by atoms with Crippen LogP contribution in [0.15, 0.2) is 34.9 Å². The first-order chi connectivity index (χ1) is 12.9. The molecule has 3 heterocycles. The molecule has 0 unspecified atom stereocenters. The van der Waals surface area contributed by atoms with E-state index in [0.717, 1.165) is 57.3 Å². The lowest BCUT2D eigenvalue weighted by atomic mass is 9.99. The van der Waals surface area contributed by atoms with Gasteiger partial charge in [-0.1, -0.05) is 29.8 Å². The van der Waals surface area contributed by atoms with Crippen molar-refractivity contribution in [2.75, 3.05) is 39.4 Å². The predicted octanol–water partition coefficient (Wildman–Crippen LogP) is 2.81. The van der Waals surface area contributed by atoms with Gasteiger partial charge in [0.25, 0.3) is 5.89 Å². The van der Waals surface area contributed by atoms with Crippen LogP contribution in [0.4, 0.5) is 0 Å². The van der Waals surface area contributed by atoms with Gasteiger partial charge in [-0.15, -0.1) is 0 Å². The van der Waals surface area contributed by atoms with E-state index in [1.54, 1.807) is 0 Å². The number of likely N-dealkylation sites (tertiary alicyclic amines) is 1. The number of rotatable bonds is 6. The second-order valence-corrected chi connectivity index (χ2v) is 7.24. The zero-order chi connectivity index (χ0) is 17.6. The fourth-order valence-electron chi connectivity index (χ4n) is 3.95. The largest absolute Gasteiger partial charge is 0.379 e. The van der Waals surface area contributed by atoms with Crippen molar-refractivity contribution in [1.82, 2.24) is 19.9 Å². The highest BCUT2D eigenvalue weighted by Gasteiger charge is 2.25. The van der Waals surface area contributed by atoms with Crippen molar-refractivity contribution >= 4 is 0 Å². The fraction of sp³-hybridized carbons (Fsp3) is 0.600. The summed E-state index contributed by atoms with van der Waals surface area (Å²) in [5.41, 5.74) is 0.980. The van der Waals surface area contributed by atoms with E-state index in [9.17, 15) is 0 Å². The van der Waals surface area contributed by atoms with Crippen molar-refractivity contribution in [3.05, 3.63) is 36.2 Å². The second-order valence-electron chi connectivity index (χ2n) is 7.24. The first-order valence-corrected chi connectivity index (χ1v) is 9.80. The number of piperidine rings is 1. The second kappa shape index (κ2) is 8.75. The summed E-state index contributed by atoms with van der Waals surface area (Å²) in [4.78, 5) is 9.68. The standard InChI is InChI=1S/C20H28N4O2/c1-2-6-17(7-3-1)20-21-19(22-26-20)16-24-10-5-4-8-18(24)9-11-23-12-14-25-15-13-23/h1-3,6-7,18H,4-5,8-16H2/t18-/m0/s1. The average Bonchev–Trinajstić information content (AvgIpc) is 3.17. The number of nitrogens with zero attached hydrogens (tertiary/aromatic N) is 4. The number of benzene rings is 1. The SMILES string of the molecule is c1ccc(-c2nc(CN3CCCC[C@H]3CCN3CCOCC3)no2)cc1. The summed E-state index contributed by atoms with van der Waals surface area (Å²) >= 11 is 0. The minimum absolute atomic E-state index is 0.613. The van der Waals surface area contributed by atoms with Crippen LogP contribution in [-0.4, -0.2) is 65.4 Å². The quantitative estimate of drug-likeness (QED) is 0.793. The Hall–Kier alpha value is -1.76. The van der Waals surface area contributed by atoms with Crippen LogP contribution in [0.5, 0.6) is 0 Å². The molecule has 2 aliphatic rings. The molecule has 1 atom stereocenters. The van der Waals surface area contributed by atoms with Crippen molar-refractivity contribution in [2.45, 2.75) is 38.3 Å². The first-order valence-electron chi connectivity index (χ1n) is 9.80. The van der Waals surface area contributed by atoms with E-state index < -0.39 is 0 Å². The van der Waals surface area contributed by atoms with Gasteiger partial charge in [0.05, 0.1) is 19.8 Å². The number of morpholine rings is 1. The molecule has 4 rings (SSSR count). The number of hydrogen-bond acceptors (Lipinski definition) is 6.